The molecule has 0 radical (unpaired) electrons. The fourth-order valence-corrected chi connectivity index (χ4v) is 7.81. The molecule has 0 bridgehead atoms. The minimum Gasteiger partial charge on any atom is -0.304 e. The lowest BCUT2D eigenvalue weighted by molar-refractivity contribution is 0.591. The Morgan fingerprint density at radius 3 is 1.45 bits per heavy atom. The normalized spacial score (nSPS) is 11.9. The van der Waals surface area contributed by atoms with Gasteiger partial charge in [-0.3, -0.25) is 0 Å². The molecule has 5 nitrogen and oxygen atoms in total. The lowest BCUT2D eigenvalue weighted by Crippen LogP contribution is -2.30. The highest BCUT2D eigenvalue weighted by Gasteiger charge is 2.35. The molecule has 0 atom stereocenters. The summed E-state index contributed by atoms with van der Waals surface area (Å²) in [5.74, 6) is 0. The van der Waals surface area contributed by atoms with Gasteiger partial charge in [0.15, 0.2) is 0 Å². The molecule has 0 aliphatic rings. The molecule has 0 aliphatic heterocycles. The maximum atomic E-state index is 15.6. The van der Waals surface area contributed by atoms with E-state index in [2.05, 4.69) is 12.1 Å². The monoisotopic (exact) mass is 558 g/mol. The molecule has 42 heavy (non-hydrogen) atoms. The summed E-state index contributed by atoms with van der Waals surface area (Å²) in [6.07, 6.45) is 0. The molecule has 0 saturated carbocycles. The first-order valence-electron chi connectivity index (χ1n) is 13.8. The SMILES string of the molecule is O=P(c1ccc2ccccc2n1)(c1ccc2ccccc2n1)c1ccc2ccc3ccc(-c4ccccc4)nc3c2n1. The number of rotatable bonds is 4. The zero-order valence-electron chi connectivity index (χ0n) is 22.4. The minimum atomic E-state index is -3.60. The smallest absolute Gasteiger partial charge is 0.223 e. The van der Waals surface area contributed by atoms with Crippen LogP contribution in [0.1, 0.15) is 0 Å². The summed E-state index contributed by atoms with van der Waals surface area (Å²) in [5.41, 5.74) is 6.23. The molecule has 6 heteroatoms. The highest BCUT2D eigenvalue weighted by atomic mass is 31.2. The topological polar surface area (TPSA) is 68.6 Å². The standard InChI is InChI=1S/C36H23N4OP/c41-42(32-21-17-25-10-4-6-12-29(25)37-32,33-22-18-26-11-5-7-13-30(26)38-33)34-23-19-28-15-14-27-16-20-31(24-8-2-1-3-9-24)39-35(27)36(28)40-34/h1-23H. The number of nitrogens with zero attached hydrogens (tertiary/aromatic N) is 4. The van der Waals surface area contributed by atoms with Crippen molar-refractivity contribution in [2.24, 2.45) is 0 Å². The molecule has 0 spiro atoms. The highest BCUT2D eigenvalue weighted by Crippen LogP contribution is 2.42. The fraction of sp³-hybridized carbons (Fsp3) is 0. The Morgan fingerprint density at radius 1 is 0.381 bits per heavy atom. The predicted octanol–water partition coefficient (Wildman–Crippen LogP) is 7.19. The third kappa shape index (κ3) is 3.98. The van der Waals surface area contributed by atoms with Crippen LogP contribution in [0.2, 0.25) is 0 Å². The van der Waals surface area contributed by atoms with Gasteiger partial charge in [-0.05, 0) is 36.4 Å². The van der Waals surface area contributed by atoms with Crippen molar-refractivity contribution in [3.05, 3.63) is 140 Å². The number of aromatic nitrogens is 4. The average molecular weight is 559 g/mol. The van der Waals surface area contributed by atoms with Gasteiger partial charge in [-0.2, -0.15) is 0 Å². The first kappa shape index (κ1) is 24.5. The van der Waals surface area contributed by atoms with Crippen LogP contribution in [0, 0.1) is 0 Å². The van der Waals surface area contributed by atoms with Gasteiger partial charge >= 0.3 is 0 Å². The Labute approximate surface area is 241 Å². The van der Waals surface area contributed by atoms with E-state index in [1.165, 1.54) is 0 Å². The molecule has 0 saturated heterocycles. The van der Waals surface area contributed by atoms with Crippen molar-refractivity contribution in [1.29, 1.82) is 0 Å². The van der Waals surface area contributed by atoms with Crippen molar-refractivity contribution >= 4 is 67.1 Å². The van der Waals surface area contributed by atoms with Crippen molar-refractivity contribution in [1.82, 2.24) is 19.9 Å². The molecule has 8 aromatic rings. The van der Waals surface area contributed by atoms with Gasteiger partial charge in [0.05, 0.1) is 27.8 Å². The van der Waals surface area contributed by atoms with E-state index in [0.717, 1.165) is 49.4 Å². The van der Waals surface area contributed by atoms with E-state index in [-0.39, 0.29) is 0 Å². The minimum absolute atomic E-state index is 0.431. The second-order valence-electron chi connectivity index (χ2n) is 10.3. The Morgan fingerprint density at radius 2 is 0.833 bits per heavy atom. The Balaban J connectivity index is 1.40. The second kappa shape index (κ2) is 9.69. The molecular formula is C36H23N4OP. The molecule has 0 aliphatic carbocycles. The summed E-state index contributed by atoms with van der Waals surface area (Å²) in [4.78, 5) is 20.0. The highest BCUT2D eigenvalue weighted by molar-refractivity contribution is 7.84. The van der Waals surface area contributed by atoms with Gasteiger partial charge in [0.2, 0.25) is 7.14 Å². The van der Waals surface area contributed by atoms with Crippen molar-refractivity contribution in [3.63, 3.8) is 0 Å². The van der Waals surface area contributed by atoms with Crippen LogP contribution in [0.3, 0.4) is 0 Å². The number of hydrogen-bond acceptors (Lipinski definition) is 5. The summed E-state index contributed by atoms with van der Waals surface area (Å²) in [7, 11) is -3.60. The summed E-state index contributed by atoms with van der Waals surface area (Å²) in [6.45, 7) is 0. The van der Waals surface area contributed by atoms with Crippen LogP contribution in [0.5, 0.6) is 0 Å². The van der Waals surface area contributed by atoms with Crippen LogP contribution in [-0.4, -0.2) is 19.9 Å². The van der Waals surface area contributed by atoms with Crippen molar-refractivity contribution in [3.8, 4) is 11.3 Å². The number of para-hydroxylation sites is 2. The van der Waals surface area contributed by atoms with Crippen molar-refractivity contribution in [2.45, 2.75) is 0 Å². The third-order valence-electron chi connectivity index (χ3n) is 7.71. The van der Waals surface area contributed by atoms with Crippen LogP contribution in [0.4, 0.5) is 0 Å². The first-order chi connectivity index (χ1) is 20.7. The van der Waals surface area contributed by atoms with Gasteiger partial charge in [0.1, 0.15) is 16.3 Å². The molecule has 0 unspecified atom stereocenters. The Kier molecular flexibility index (Phi) is 5.66. The molecule has 198 valence electrons. The Bertz CT molecular complexity index is 2270. The number of benzene rings is 4. The number of hydrogen-bond donors (Lipinski definition) is 0. The Hall–Kier alpha value is -5.25. The molecule has 0 fully saturated rings. The van der Waals surface area contributed by atoms with Gasteiger partial charge in [0.25, 0.3) is 0 Å². The van der Waals surface area contributed by atoms with E-state index < -0.39 is 7.14 Å². The summed E-state index contributed by atoms with van der Waals surface area (Å²) >= 11 is 0. The van der Waals surface area contributed by atoms with Crippen LogP contribution in [0.25, 0.3) is 54.9 Å². The molecule has 8 rings (SSSR count). The summed E-state index contributed by atoms with van der Waals surface area (Å²) in [6, 6.07) is 45.4. The maximum absolute atomic E-state index is 15.6. The zero-order chi connectivity index (χ0) is 28.1. The van der Waals surface area contributed by atoms with Gasteiger partial charge in [0, 0.05) is 27.1 Å². The van der Waals surface area contributed by atoms with Gasteiger partial charge in [-0.25, -0.2) is 19.9 Å². The summed E-state index contributed by atoms with van der Waals surface area (Å²) in [5, 5.41) is 3.85. The van der Waals surface area contributed by atoms with Gasteiger partial charge in [-0.1, -0.05) is 103 Å². The second-order valence-corrected chi connectivity index (χ2v) is 12.9. The zero-order valence-corrected chi connectivity index (χ0v) is 23.3. The van der Waals surface area contributed by atoms with E-state index in [1.54, 1.807) is 0 Å². The molecule has 4 aromatic carbocycles. The van der Waals surface area contributed by atoms with E-state index in [0.29, 0.717) is 21.8 Å². The molecule has 0 amide bonds. The van der Waals surface area contributed by atoms with Crippen LogP contribution in [0.15, 0.2) is 140 Å². The third-order valence-corrected chi connectivity index (χ3v) is 10.4. The van der Waals surface area contributed by atoms with E-state index in [4.69, 9.17) is 19.9 Å². The van der Waals surface area contributed by atoms with Crippen LogP contribution >= 0.6 is 7.14 Å². The average Bonchev–Trinajstić information content (AvgIpc) is 3.07. The first-order valence-corrected chi connectivity index (χ1v) is 15.5. The van der Waals surface area contributed by atoms with Crippen molar-refractivity contribution in [2.75, 3.05) is 0 Å². The van der Waals surface area contributed by atoms with Gasteiger partial charge in [-0.15, -0.1) is 0 Å². The number of fused-ring (bicyclic) bond motifs is 5. The molecule has 4 aromatic heterocycles. The number of pyridine rings is 4. The molecule has 0 N–H and O–H groups in total. The quantitative estimate of drug-likeness (QED) is 0.169. The largest absolute Gasteiger partial charge is 0.304 e. The van der Waals surface area contributed by atoms with E-state index >= 15 is 4.57 Å². The molecule has 4 heterocycles. The van der Waals surface area contributed by atoms with Crippen LogP contribution < -0.4 is 16.3 Å². The molecular weight excluding hydrogens is 535 g/mol. The lowest BCUT2D eigenvalue weighted by Gasteiger charge is -2.19. The van der Waals surface area contributed by atoms with Gasteiger partial charge < -0.3 is 4.57 Å². The summed E-state index contributed by atoms with van der Waals surface area (Å²) < 4.78 is 15.6. The van der Waals surface area contributed by atoms with Crippen molar-refractivity contribution < 1.29 is 4.57 Å². The maximum Gasteiger partial charge on any atom is 0.223 e. The van der Waals surface area contributed by atoms with Crippen LogP contribution in [-0.2, 0) is 4.57 Å². The predicted molar refractivity (Wildman–Crippen MR) is 172 cm³/mol. The lowest BCUT2D eigenvalue weighted by atomic mass is 10.1. The van der Waals surface area contributed by atoms with E-state index in [9.17, 15) is 0 Å². The fourth-order valence-electron chi connectivity index (χ4n) is 5.52. The van der Waals surface area contributed by atoms with E-state index in [1.807, 2.05) is 127 Å².